The van der Waals surface area contributed by atoms with Crippen molar-refractivity contribution in [1.29, 1.82) is 0 Å². The van der Waals surface area contributed by atoms with Gasteiger partial charge in [-0.15, -0.1) is 0 Å². The van der Waals surface area contributed by atoms with E-state index in [1.165, 1.54) is 12.8 Å². The fourth-order valence-electron chi connectivity index (χ4n) is 1.51. The number of nitrogens with one attached hydrogen (secondary N) is 1. The first-order valence-electron chi connectivity index (χ1n) is 6.00. The Hall–Kier alpha value is -1.85. The molecule has 0 aliphatic heterocycles. The second kappa shape index (κ2) is 5.20. The Morgan fingerprint density at radius 1 is 1.44 bits per heavy atom. The number of carboxylic acids is 1. The van der Waals surface area contributed by atoms with Crippen LogP contribution in [-0.4, -0.2) is 34.2 Å². The molecule has 0 bridgehead atoms. The van der Waals surface area contributed by atoms with Gasteiger partial charge >= 0.3 is 5.97 Å². The number of rotatable bonds is 6. The molecule has 1 aromatic rings. The van der Waals surface area contributed by atoms with E-state index in [0.717, 1.165) is 23.7 Å². The van der Waals surface area contributed by atoms with Gasteiger partial charge in [-0.1, -0.05) is 0 Å². The number of carbonyl (C=O) groups is 1. The van der Waals surface area contributed by atoms with Crippen LogP contribution in [0.15, 0.2) is 0 Å². The molecule has 0 spiro atoms. The van der Waals surface area contributed by atoms with Gasteiger partial charge in [0.25, 0.3) is 0 Å². The maximum Gasteiger partial charge on any atom is 0.341 e. The standard InChI is InChI=1S/C12H17N3O3/c1-7-8(2)14-12(13-5-9-3-4-9)15-11(7)18-6-10(16)17/h9H,3-6H2,1-2H3,(H,16,17)(H,13,14,15). The van der Waals surface area contributed by atoms with Gasteiger partial charge in [-0.3, -0.25) is 0 Å². The van der Waals surface area contributed by atoms with E-state index in [9.17, 15) is 4.79 Å². The number of aryl methyl sites for hydroxylation is 1. The zero-order valence-electron chi connectivity index (χ0n) is 10.6. The van der Waals surface area contributed by atoms with E-state index < -0.39 is 5.97 Å². The smallest absolute Gasteiger partial charge is 0.341 e. The van der Waals surface area contributed by atoms with Crippen LogP contribution in [0.2, 0.25) is 0 Å². The summed E-state index contributed by atoms with van der Waals surface area (Å²) in [5, 5.41) is 11.8. The monoisotopic (exact) mass is 251 g/mol. The molecule has 0 radical (unpaired) electrons. The Morgan fingerprint density at radius 2 is 2.17 bits per heavy atom. The molecule has 6 heteroatoms. The highest BCUT2D eigenvalue weighted by atomic mass is 16.5. The summed E-state index contributed by atoms with van der Waals surface area (Å²) < 4.78 is 5.15. The van der Waals surface area contributed by atoms with Crippen LogP contribution < -0.4 is 10.1 Å². The van der Waals surface area contributed by atoms with Crippen LogP contribution >= 0.6 is 0 Å². The lowest BCUT2D eigenvalue weighted by Gasteiger charge is -2.11. The van der Waals surface area contributed by atoms with E-state index in [1.54, 1.807) is 0 Å². The minimum Gasteiger partial charge on any atom is -0.479 e. The SMILES string of the molecule is Cc1nc(NCC2CC2)nc(OCC(=O)O)c1C. The van der Waals surface area contributed by atoms with Crippen LogP contribution in [0.3, 0.4) is 0 Å². The number of carboxylic acid groups (broad SMARTS) is 1. The summed E-state index contributed by atoms with van der Waals surface area (Å²) in [6, 6.07) is 0. The Balaban J connectivity index is 2.07. The number of ether oxygens (including phenoxy) is 1. The molecule has 0 aromatic carbocycles. The largest absolute Gasteiger partial charge is 0.479 e. The van der Waals surface area contributed by atoms with Crippen molar-refractivity contribution in [1.82, 2.24) is 9.97 Å². The highest BCUT2D eigenvalue weighted by Crippen LogP contribution is 2.29. The minimum absolute atomic E-state index is 0.336. The number of aromatic nitrogens is 2. The number of nitrogens with zero attached hydrogens (tertiary/aromatic N) is 2. The summed E-state index contributed by atoms with van der Waals surface area (Å²) in [7, 11) is 0. The quantitative estimate of drug-likeness (QED) is 0.794. The van der Waals surface area contributed by atoms with Gasteiger partial charge in [0.15, 0.2) is 6.61 Å². The number of aliphatic carboxylic acids is 1. The van der Waals surface area contributed by atoms with E-state index in [2.05, 4.69) is 15.3 Å². The number of anilines is 1. The molecule has 6 nitrogen and oxygen atoms in total. The predicted octanol–water partition coefficient (Wildman–Crippen LogP) is 1.38. The lowest BCUT2D eigenvalue weighted by molar-refractivity contribution is -0.139. The van der Waals surface area contributed by atoms with Crippen molar-refractivity contribution >= 4 is 11.9 Å². The summed E-state index contributed by atoms with van der Waals surface area (Å²) in [5.74, 6) is 0.547. The van der Waals surface area contributed by atoms with Crippen LogP contribution in [0.25, 0.3) is 0 Å². The van der Waals surface area contributed by atoms with Gasteiger partial charge in [0.05, 0.1) is 0 Å². The summed E-state index contributed by atoms with van der Waals surface area (Å²) in [6.07, 6.45) is 2.50. The van der Waals surface area contributed by atoms with Crippen molar-refractivity contribution in [2.75, 3.05) is 18.5 Å². The molecule has 18 heavy (non-hydrogen) atoms. The molecule has 0 saturated heterocycles. The van der Waals surface area contributed by atoms with E-state index in [0.29, 0.717) is 11.8 Å². The van der Waals surface area contributed by atoms with E-state index in [1.807, 2.05) is 13.8 Å². The van der Waals surface area contributed by atoms with Gasteiger partial charge in [0.2, 0.25) is 11.8 Å². The van der Waals surface area contributed by atoms with Crippen molar-refractivity contribution in [2.24, 2.45) is 5.92 Å². The molecule has 1 heterocycles. The van der Waals surface area contributed by atoms with Gasteiger partial charge in [-0.2, -0.15) is 4.98 Å². The Bertz CT molecular complexity index is 458. The van der Waals surface area contributed by atoms with Crippen LogP contribution in [0.4, 0.5) is 5.95 Å². The van der Waals surface area contributed by atoms with Gasteiger partial charge in [0, 0.05) is 17.8 Å². The second-order valence-electron chi connectivity index (χ2n) is 4.57. The third-order valence-corrected chi connectivity index (χ3v) is 2.92. The molecule has 98 valence electrons. The van der Waals surface area contributed by atoms with Crippen LogP contribution in [0.1, 0.15) is 24.1 Å². The Labute approximate surface area is 105 Å². The predicted molar refractivity (Wildman–Crippen MR) is 65.9 cm³/mol. The first-order valence-corrected chi connectivity index (χ1v) is 6.00. The number of hydrogen-bond acceptors (Lipinski definition) is 5. The van der Waals surface area contributed by atoms with Gasteiger partial charge < -0.3 is 15.2 Å². The minimum atomic E-state index is -1.02. The molecule has 2 N–H and O–H groups in total. The Morgan fingerprint density at radius 3 is 2.78 bits per heavy atom. The van der Waals surface area contributed by atoms with Gasteiger partial charge in [-0.05, 0) is 32.6 Å². The van der Waals surface area contributed by atoms with E-state index in [4.69, 9.17) is 9.84 Å². The lowest BCUT2D eigenvalue weighted by atomic mass is 10.2. The van der Waals surface area contributed by atoms with E-state index >= 15 is 0 Å². The van der Waals surface area contributed by atoms with Crippen molar-refractivity contribution < 1.29 is 14.6 Å². The topological polar surface area (TPSA) is 84.3 Å². The van der Waals surface area contributed by atoms with Crippen LogP contribution in [0.5, 0.6) is 5.88 Å². The van der Waals surface area contributed by atoms with Crippen molar-refractivity contribution in [2.45, 2.75) is 26.7 Å². The van der Waals surface area contributed by atoms with Crippen molar-refractivity contribution in [3.63, 3.8) is 0 Å². The molecular formula is C12H17N3O3. The zero-order valence-corrected chi connectivity index (χ0v) is 10.6. The van der Waals surface area contributed by atoms with Crippen molar-refractivity contribution in [3.8, 4) is 5.88 Å². The molecule has 1 saturated carbocycles. The van der Waals surface area contributed by atoms with Crippen molar-refractivity contribution in [3.05, 3.63) is 11.3 Å². The summed E-state index contributed by atoms with van der Waals surface area (Å²) >= 11 is 0. The molecule has 0 amide bonds. The third-order valence-electron chi connectivity index (χ3n) is 2.92. The fraction of sp³-hybridized carbons (Fsp3) is 0.583. The molecule has 1 aliphatic carbocycles. The molecule has 1 aliphatic rings. The summed E-state index contributed by atoms with van der Waals surface area (Å²) in [4.78, 5) is 19.0. The third kappa shape index (κ3) is 3.32. The average Bonchev–Trinajstić information content (AvgIpc) is 3.12. The molecule has 0 atom stereocenters. The van der Waals surface area contributed by atoms with Gasteiger partial charge in [0.1, 0.15) is 0 Å². The maximum absolute atomic E-state index is 10.5. The molecular weight excluding hydrogens is 234 g/mol. The maximum atomic E-state index is 10.5. The highest BCUT2D eigenvalue weighted by Gasteiger charge is 2.21. The first kappa shape index (κ1) is 12.6. The average molecular weight is 251 g/mol. The lowest BCUT2D eigenvalue weighted by Crippen LogP contribution is -2.14. The second-order valence-corrected chi connectivity index (χ2v) is 4.57. The summed E-state index contributed by atoms with van der Waals surface area (Å²) in [6.45, 7) is 4.14. The molecule has 2 rings (SSSR count). The highest BCUT2D eigenvalue weighted by molar-refractivity contribution is 5.68. The first-order chi connectivity index (χ1) is 8.56. The molecule has 1 fully saturated rings. The summed E-state index contributed by atoms with van der Waals surface area (Å²) in [5.41, 5.74) is 1.57. The van der Waals surface area contributed by atoms with Crippen LogP contribution in [0, 0.1) is 19.8 Å². The zero-order chi connectivity index (χ0) is 13.1. The van der Waals surface area contributed by atoms with Crippen LogP contribution in [-0.2, 0) is 4.79 Å². The fourth-order valence-corrected chi connectivity index (χ4v) is 1.51. The number of hydrogen-bond donors (Lipinski definition) is 2. The molecule has 1 aromatic heterocycles. The molecule has 0 unspecified atom stereocenters. The normalized spacial score (nSPS) is 14.3. The van der Waals surface area contributed by atoms with E-state index in [-0.39, 0.29) is 6.61 Å². The van der Waals surface area contributed by atoms with Gasteiger partial charge in [-0.25, -0.2) is 9.78 Å². The Kier molecular flexibility index (Phi) is 3.64.